The number of nitrogens with two attached hydrogens (primary N) is 1. The highest BCUT2D eigenvalue weighted by atomic mass is 79.9. The molecule has 0 atom stereocenters. The Morgan fingerprint density at radius 3 is 2.67 bits per heavy atom. The highest BCUT2D eigenvalue weighted by molar-refractivity contribution is 9.10. The van der Waals surface area contributed by atoms with Crippen LogP contribution >= 0.6 is 15.9 Å². The Bertz CT molecular complexity index is 555. The van der Waals surface area contributed by atoms with E-state index in [4.69, 9.17) is 5.73 Å². The van der Waals surface area contributed by atoms with E-state index in [-0.39, 0.29) is 0 Å². The van der Waals surface area contributed by atoms with Crippen molar-refractivity contribution in [1.29, 1.82) is 0 Å². The molecule has 2 N–H and O–H groups in total. The monoisotopic (exact) mass is 308 g/mol. The van der Waals surface area contributed by atoms with Gasteiger partial charge in [0.1, 0.15) is 0 Å². The minimum atomic E-state index is 0.643. The van der Waals surface area contributed by atoms with Crippen molar-refractivity contribution in [2.24, 2.45) is 11.7 Å². The third-order valence-corrected chi connectivity index (χ3v) is 3.85. The van der Waals surface area contributed by atoms with Gasteiger partial charge in [0.05, 0.1) is 0 Å². The largest absolute Gasteiger partial charge is 0.344 e. The van der Waals surface area contributed by atoms with E-state index in [2.05, 4.69) is 59.5 Å². The third-order valence-electron chi connectivity index (χ3n) is 3.36. The Balaban J connectivity index is 2.66. The molecule has 0 spiro atoms. The van der Waals surface area contributed by atoms with Crippen LogP contribution in [-0.4, -0.2) is 11.1 Å². The van der Waals surface area contributed by atoms with Gasteiger partial charge in [0, 0.05) is 27.6 Å². The minimum Gasteiger partial charge on any atom is -0.344 e. The van der Waals surface area contributed by atoms with Crippen LogP contribution in [0.5, 0.6) is 0 Å². The molecule has 0 fully saturated rings. The number of rotatable bonds is 4. The average molecular weight is 309 g/mol. The first kappa shape index (κ1) is 13.6. The van der Waals surface area contributed by atoms with Crippen molar-refractivity contribution in [2.75, 3.05) is 6.54 Å². The highest BCUT2D eigenvalue weighted by Gasteiger charge is 2.14. The van der Waals surface area contributed by atoms with E-state index in [9.17, 15) is 0 Å². The first-order chi connectivity index (χ1) is 8.54. The van der Waals surface area contributed by atoms with Gasteiger partial charge in [-0.15, -0.1) is 0 Å². The lowest BCUT2D eigenvalue weighted by atomic mass is 10.1. The molecule has 1 heterocycles. The maximum atomic E-state index is 5.74. The van der Waals surface area contributed by atoms with Gasteiger partial charge in [0.25, 0.3) is 0 Å². The molecule has 0 aliphatic rings. The zero-order valence-electron chi connectivity index (χ0n) is 11.3. The lowest BCUT2D eigenvalue weighted by Gasteiger charge is -2.11. The van der Waals surface area contributed by atoms with Crippen LogP contribution in [0.25, 0.3) is 10.9 Å². The summed E-state index contributed by atoms with van der Waals surface area (Å²) in [6, 6.07) is 6.53. The number of halogens is 1. The molecule has 0 amide bonds. The fourth-order valence-corrected chi connectivity index (χ4v) is 2.93. The smallest absolute Gasteiger partial charge is 0.0496 e. The van der Waals surface area contributed by atoms with Crippen molar-refractivity contribution >= 4 is 26.8 Å². The van der Waals surface area contributed by atoms with Crippen LogP contribution in [0.4, 0.5) is 0 Å². The lowest BCUT2D eigenvalue weighted by molar-refractivity contribution is 0.526. The van der Waals surface area contributed by atoms with Crippen LogP contribution in [0.15, 0.2) is 22.7 Å². The predicted molar refractivity (Wildman–Crippen MR) is 82.0 cm³/mol. The number of hydrogen-bond donors (Lipinski definition) is 1. The molecular weight excluding hydrogens is 288 g/mol. The number of fused-ring (bicyclic) bond motifs is 1. The summed E-state index contributed by atoms with van der Waals surface area (Å²) in [4.78, 5) is 0. The van der Waals surface area contributed by atoms with Crippen LogP contribution < -0.4 is 5.73 Å². The van der Waals surface area contributed by atoms with Crippen LogP contribution in [0.2, 0.25) is 0 Å². The molecular formula is C15H21BrN2. The van der Waals surface area contributed by atoms with E-state index in [0.717, 1.165) is 17.4 Å². The van der Waals surface area contributed by atoms with Crippen molar-refractivity contribution in [3.8, 4) is 0 Å². The molecule has 2 rings (SSSR count). The third kappa shape index (κ3) is 2.47. The van der Waals surface area contributed by atoms with Gasteiger partial charge in [-0.1, -0.05) is 35.8 Å². The zero-order chi connectivity index (χ0) is 13.3. The molecule has 2 nitrogen and oxygen atoms in total. The van der Waals surface area contributed by atoms with Crippen molar-refractivity contribution in [2.45, 2.75) is 33.7 Å². The summed E-state index contributed by atoms with van der Waals surface area (Å²) in [7, 11) is 0. The van der Waals surface area contributed by atoms with E-state index in [0.29, 0.717) is 12.5 Å². The molecule has 18 heavy (non-hydrogen) atoms. The van der Waals surface area contributed by atoms with E-state index >= 15 is 0 Å². The fraction of sp³-hybridized carbons (Fsp3) is 0.467. The van der Waals surface area contributed by atoms with Gasteiger partial charge in [-0.2, -0.15) is 0 Å². The Kier molecular flexibility index (Phi) is 4.13. The molecule has 0 bridgehead atoms. The first-order valence-corrected chi connectivity index (χ1v) is 7.31. The fourth-order valence-electron chi connectivity index (χ4n) is 2.58. The molecule has 2 aromatic rings. The van der Waals surface area contributed by atoms with E-state index in [1.807, 2.05) is 0 Å². The van der Waals surface area contributed by atoms with Crippen LogP contribution in [0, 0.1) is 12.8 Å². The van der Waals surface area contributed by atoms with Gasteiger partial charge in [0.2, 0.25) is 0 Å². The van der Waals surface area contributed by atoms with E-state index in [1.54, 1.807) is 0 Å². The topological polar surface area (TPSA) is 30.9 Å². The van der Waals surface area contributed by atoms with Crippen molar-refractivity contribution in [1.82, 2.24) is 4.57 Å². The van der Waals surface area contributed by atoms with Crippen LogP contribution in [0.1, 0.15) is 25.1 Å². The molecule has 1 aromatic carbocycles. The molecule has 98 valence electrons. The summed E-state index contributed by atoms with van der Waals surface area (Å²) >= 11 is 3.57. The van der Waals surface area contributed by atoms with Gasteiger partial charge in [0.15, 0.2) is 0 Å². The number of hydrogen-bond acceptors (Lipinski definition) is 1. The number of aromatic nitrogens is 1. The normalized spacial score (nSPS) is 11.7. The van der Waals surface area contributed by atoms with Crippen LogP contribution in [-0.2, 0) is 13.0 Å². The molecule has 0 aliphatic heterocycles. The van der Waals surface area contributed by atoms with Gasteiger partial charge in [-0.25, -0.2) is 0 Å². The Hall–Kier alpha value is -0.800. The van der Waals surface area contributed by atoms with Gasteiger partial charge >= 0.3 is 0 Å². The van der Waals surface area contributed by atoms with Gasteiger partial charge < -0.3 is 10.3 Å². The molecule has 0 radical (unpaired) electrons. The minimum absolute atomic E-state index is 0.643. The van der Waals surface area contributed by atoms with Crippen molar-refractivity contribution in [3.05, 3.63) is 33.9 Å². The quantitative estimate of drug-likeness (QED) is 0.913. The molecule has 1 aromatic heterocycles. The van der Waals surface area contributed by atoms with Gasteiger partial charge in [-0.3, -0.25) is 0 Å². The summed E-state index contributed by atoms with van der Waals surface area (Å²) in [5.41, 5.74) is 9.83. The van der Waals surface area contributed by atoms with Crippen LogP contribution in [0.3, 0.4) is 0 Å². The lowest BCUT2D eigenvalue weighted by Crippen LogP contribution is -2.08. The standard InChI is InChI=1S/C15H21BrN2/c1-10(2)9-18-11(3)13(6-7-17)14-5-4-12(16)8-15(14)18/h4-5,8,10H,6-7,9,17H2,1-3H3. The second kappa shape index (κ2) is 5.45. The zero-order valence-corrected chi connectivity index (χ0v) is 12.9. The molecule has 0 unspecified atom stereocenters. The number of benzene rings is 1. The predicted octanol–water partition coefficient (Wildman–Crippen LogP) is 3.87. The number of nitrogens with zero attached hydrogens (tertiary/aromatic N) is 1. The molecule has 0 aliphatic carbocycles. The molecule has 0 saturated carbocycles. The maximum absolute atomic E-state index is 5.74. The van der Waals surface area contributed by atoms with E-state index < -0.39 is 0 Å². The Morgan fingerprint density at radius 2 is 2.06 bits per heavy atom. The molecule has 3 heteroatoms. The van der Waals surface area contributed by atoms with Crippen molar-refractivity contribution in [3.63, 3.8) is 0 Å². The summed E-state index contributed by atoms with van der Waals surface area (Å²) in [5.74, 6) is 0.643. The molecule has 0 saturated heterocycles. The van der Waals surface area contributed by atoms with E-state index in [1.165, 1.54) is 22.2 Å². The SMILES string of the molecule is Cc1c(CCN)c2ccc(Br)cc2n1CC(C)C. The second-order valence-corrected chi connectivity index (χ2v) is 6.18. The summed E-state index contributed by atoms with van der Waals surface area (Å²) in [5, 5.41) is 1.35. The highest BCUT2D eigenvalue weighted by Crippen LogP contribution is 2.29. The Labute approximate surface area is 117 Å². The summed E-state index contributed by atoms with van der Waals surface area (Å²) < 4.78 is 3.56. The summed E-state index contributed by atoms with van der Waals surface area (Å²) in [6.07, 6.45) is 0.953. The van der Waals surface area contributed by atoms with Crippen molar-refractivity contribution < 1.29 is 0 Å². The average Bonchev–Trinajstić information content (AvgIpc) is 2.54. The summed E-state index contributed by atoms with van der Waals surface area (Å²) in [6.45, 7) is 8.49. The Morgan fingerprint density at radius 1 is 1.33 bits per heavy atom. The second-order valence-electron chi connectivity index (χ2n) is 5.27. The van der Waals surface area contributed by atoms with Gasteiger partial charge in [-0.05, 0) is 43.5 Å². The maximum Gasteiger partial charge on any atom is 0.0496 e. The first-order valence-electron chi connectivity index (χ1n) is 6.52.